The molecule has 3 aromatic rings. The monoisotopic (exact) mass is 343 g/mol. The third-order valence-electron chi connectivity index (χ3n) is 3.57. The summed E-state index contributed by atoms with van der Waals surface area (Å²) in [6.07, 6.45) is 0. The Morgan fingerprint density at radius 2 is 1.83 bits per heavy atom. The molecular weight excluding hydrogens is 330 g/mol. The van der Waals surface area contributed by atoms with Crippen molar-refractivity contribution in [1.29, 1.82) is 0 Å². The number of fused-ring (bicyclic) bond motifs is 1. The van der Waals surface area contributed by atoms with E-state index in [1.807, 2.05) is 18.2 Å². The molecule has 0 amide bonds. The first kappa shape index (κ1) is 16.1. The number of aliphatic carboxylic acids is 1. The van der Waals surface area contributed by atoms with E-state index < -0.39 is 12.5 Å². The third-order valence-corrected chi connectivity index (χ3v) is 3.82. The Bertz CT molecular complexity index is 947. The Hall–Kier alpha value is -2.79. The minimum absolute atomic E-state index is 0.284. The van der Waals surface area contributed by atoms with Gasteiger partial charge in [-0.2, -0.15) is 0 Å². The second-order valence-corrected chi connectivity index (χ2v) is 5.70. The molecular formula is C18H14ClNO4. The lowest BCUT2D eigenvalue weighted by atomic mass is 10.2. The van der Waals surface area contributed by atoms with Gasteiger partial charge in [-0.15, -0.1) is 0 Å². The summed E-state index contributed by atoms with van der Waals surface area (Å²) in [5, 5.41) is 10.4. The number of carboxylic acid groups (broad SMARTS) is 1. The van der Waals surface area contributed by atoms with Gasteiger partial charge in [-0.3, -0.25) is 14.2 Å². The standard InChI is InChI=1S/C18H14ClNO4/c19-14-7-4-12(5-8-14)11-24-15-3-1-2-13-6-9-16(21)20(18(13)15)10-17(22)23/h1-9H,10-11H2,(H,22,23). The predicted octanol–water partition coefficient (Wildman–Crippen LogP) is 3.32. The summed E-state index contributed by atoms with van der Waals surface area (Å²) >= 11 is 5.86. The van der Waals surface area contributed by atoms with E-state index in [-0.39, 0.29) is 12.2 Å². The van der Waals surface area contributed by atoms with Crippen LogP contribution in [-0.2, 0) is 17.9 Å². The van der Waals surface area contributed by atoms with Crippen LogP contribution >= 0.6 is 11.6 Å². The number of nitrogens with zero attached hydrogens (tertiary/aromatic N) is 1. The van der Waals surface area contributed by atoms with Crippen LogP contribution in [0.1, 0.15) is 5.56 Å². The van der Waals surface area contributed by atoms with Crippen LogP contribution in [0.5, 0.6) is 5.75 Å². The van der Waals surface area contributed by atoms with Gasteiger partial charge >= 0.3 is 5.97 Å². The summed E-state index contributed by atoms with van der Waals surface area (Å²) in [4.78, 5) is 23.1. The van der Waals surface area contributed by atoms with Crippen molar-refractivity contribution in [3.8, 4) is 5.75 Å². The number of carboxylic acids is 1. The molecule has 0 aliphatic rings. The maximum Gasteiger partial charge on any atom is 0.323 e. The average Bonchev–Trinajstić information content (AvgIpc) is 2.56. The molecule has 2 aromatic carbocycles. The fourth-order valence-electron chi connectivity index (χ4n) is 2.47. The van der Waals surface area contributed by atoms with Gasteiger partial charge in [0, 0.05) is 16.5 Å². The molecule has 0 aliphatic carbocycles. The van der Waals surface area contributed by atoms with E-state index in [4.69, 9.17) is 21.4 Å². The van der Waals surface area contributed by atoms with Crippen LogP contribution in [0, 0.1) is 0 Å². The van der Waals surface area contributed by atoms with Gasteiger partial charge in [-0.05, 0) is 29.8 Å². The van der Waals surface area contributed by atoms with Crippen LogP contribution in [0.2, 0.25) is 5.02 Å². The van der Waals surface area contributed by atoms with Crippen molar-refractivity contribution in [2.24, 2.45) is 0 Å². The molecule has 0 radical (unpaired) electrons. The van der Waals surface area contributed by atoms with Gasteiger partial charge in [0.05, 0.1) is 5.52 Å². The third kappa shape index (κ3) is 3.41. The first-order valence-electron chi connectivity index (χ1n) is 7.26. The first-order valence-corrected chi connectivity index (χ1v) is 7.64. The molecule has 6 heteroatoms. The van der Waals surface area contributed by atoms with E-state index in [2.05, 4.69) is 0 Å². The van der Waals surface area contributed by atoms with Crippen molar-refractivity contribution in [2.75, 3.05) is 0 Å². The quantitative estimate of drug-likeness (QED) is 0.771. The molecule has 0 saturated carbocycles. The zero-order valence-electron chi connectivity index (χ0n) is 12.6. The molecule has 0 saturated heterocycles. The highest BCUT2D eigenvalue weighted by atomic mass is 35.5. The van der Waals surface area contributed by atoms with Crippen LogP contribution in [-0.4, -0.2) is 15.6 Å². The number of aromatic nitrogens is 1. The second-order valence-electron chi connectivity index (χ2n) is 5.26. The fourth-order valence-corrected chi connectivity index (χ4v) is 2.60. The normalized spacial score (nSPS) is 10.7. The number of ether oxygens (including phenoxy) is 1. The Balaban J connectivity index is 2.00. The highest BCUT2D eigenvalue weighted by molar-refractivity contribution is 6.30. The number of pyridine rings is 1. The number of para-hydroxylation sites is 1. The van der Waals surface area contributed by atoms with E-state index >= 15 is 0 Å². The molecule has 1 N–H and O–H groups in total. The smallest absolute Gasteiger partial charge is 0.323 e. The second kappa shape index (κ2) is 6.76. The number of benzene rings is 2. The molecule has 1 heterocycles. The molecule has 0 bridgehead atoms. The predicted molar refractivity (Wildman–Crippen MR) is 91.6 cm³/mol. The molecule has 122 valence electrons. The zero-order chi connectivity index (χ0) is 17.1. The Labute approximate surface area is 142 Å². The summed E-state index contributed by atoms with van der Waals surface area (Å²) in [6.45, 7) is -0.135. The van der Waals surface area contributed by atoms with Crippen LogP contribution in [0.3, 0.4) is 0 Å². The van der Waals surface area contributed by atoms with Gasteiger partial charge in [0.2, 0.25) is 0 Å². The van der Waals surface area contributed by atoms with Gasteiger partial charge in [0.15, 0.2) is 0 Å². The molecule has 0 spiro atoms. The van der Waals surface area contributed by atoms with Gasteiger partial charge in [0.1, 0.15) is 18.9 Å². The van der Waals surface area contributed by atoms with Crippen molar-refractivity contribution in [3.63, 3.8) is 0 Å². The van der Waals surface area contributed by atoms with Gasteiger partial charge in [-0.1, -0.05) is 35.9 Å². The van der Waals surface area contributed by atoms with E-state index in [9.17, 15) is 9.59 Å². The lowest BCUT2D eigenvalue weighted by molar-refractivity contribution is -0.137. The van der Waals surface area contributed by atoms with E-state index in [0.717, 1.165) is 10.9 Å². The molecule has 3 rings (SSSR count). The number of rotatable bonds is 5. The van der Waals surface area contributed by atoms with Crippen LogP contribution < -0.4 is 10.3 Å². The molecule has 1 aromatic heterocycles. The minimum atomic E-state index is -1.09. The highest BCUT2D eigenvalue weighted by Crippen LogP contribution is 2.25. The van der Waals surface area contributed by atoms with Crippen LogP contribution in [0.4, 0.5) is 0 Å². The van der Waals surface area contributed by atoms with E-state index in [1.165, 1.54) is 10.6 Å². The first-order chi connectivity index (χ1) is 11.5. The molecule has 0 fully saturated rings. The Morgan fingerprint density at radius 1 is 1.08 bits per heavy atom. The topological polar surface area (TPSA) is 68.5 Å². The van der Waals surface area contributed by atoms with Crippen molar-refractivity contribution in [1.82, 2.24) is 4.57 Å². The minimum Gasteiger partial charge on any atom is -0.487 e. The van der Waals surface area contributed by atoms with Crippen LogP contribution in [0.25, 0.3) is 10.9 Å². The molecule has 0 atom stereocenters. The molecule has 0 aliphatic heterocycles. The fraction of sp³-hybridized carbons (Fsp3) is 0.111. The number of hydrogen-bond donors (Lipinski definition) is 1. The molecule has 0 unspecified atom stereocenters. The van der Waals surface area contributed by atoms with E-state index in [1.54, 1.807) is 30.3 Å². The lowest BCUT2D eigenvalue weighted by Crippen LogP contribution is -2.23. The molecule has 5 nitrogen and oxygen atoms in total. The summed E-state index contributed by atoms with van der Waals surface area (Å²) in [5.74, 6) is -0.626. The van der Waals surface area contributed by atoms with Crippen molar-refractivity contribution in [3.05, 3.63) is 75.5 Å². The maximum atomic E-state index is 12.1. The van der Waals surface area contributed by atoms with Crippen molar-refractivity contribution < 1.29 is 14.6 Å². The average molecular weight is 344 g/mol. The largest absolute Gasteiger partial charge is 0.487 e. The van der Waals surface area contributed by atoms with Crippen LogP contribution in [0.15, 0.2) is 59.4 Å². The van der Waals surface area contributed by atoms with Gasteiger partial charge in [-0.25, -0.2) is 0 Å². The summed E-state index contributed by atoms with van der Waals surface area (Å²) in [7, 11) is 0. The summed E-state index contributed by atoms with van der Waals surface area (Å²) in [6, 6.07) is 15.6. The number of hydrogen-bond acceptors (Lipinski definition) is 3. The SMILES string of the molecule is O=C(O)Cn1c(=O)ccc2cccc(OCc3ccc(Cl)cc3)c21. The molecule has 24 heavy (non-hydrogen) atoms. The number of carbonyl (C=O) groups is 1. The van der Waals surface area contributed by atoms with Gasteiger partial charge in [0.25, 0.3) is 5.56 Å². The van der Waals surface area contributed by atoms with Crippen molar-refractivity contribution in [2.45, 2.75) is 13.2 Å². The highest BCUT2D eigenvalue weighted by Gasteiger charge is 2.11. The zero-order valence-corrected chi connectivity index (χ0v) is 13.4. The summed E-state index contributed by atoms with van der Waals surface area (Å²) < 4.78 is 7.03. The summed E-state index contributed by atoms with van der Waals surface area (Å²) in [5.41, 5.74) is 1.01. The Kier molecular flexibility index (Phi) is 4.53. The van der Waals surface area contributed by atoms with Gasteiger partial charge < -0.3 is 9.84 Å². The number of halogens is 1. The van der Waals surface area contributed by atoms with Crippen molar-refractivity contribution >= 4 is 28.5 Å². The maximum absolute atomic E-state index is 12.1. The Morgan fingerprint density at radius 3 is 2.54 bits per heavy atom. The lowest BCUT2D eigenvalue weighted by Gasteiger charge is -2.13. The van der Waals surface area contributed by atoms with E-state index in [0.29, 0.717) is 16.3 Å².